The van der Waals surface area contributed by atoms with Gasteiger partial charge in [-0.05, 0) is 51.9 Å². The molecule has 0 spiro atoms. The second-order valence-electron chi connectivity index (χ2n) is 6.06. The molecule has 1 fully saturated rings. The van der Waals surface area contributed by atoms with Gasteiger partial charge in [-0.2, -0.15) is 0 Å². The van der Waals surface area contributed by atoms with Gasteiger partial charge in [0.1, 0.15) is 5.65 Å². The number of carbonyl (C=O) groups is 1. The fourth-order valence-corrected chi connectivity index (χ4v) is 3.05. The second-order valence-corrected chi connectivity index (χ2v) is 6.06. The molecule has 1 N–H and O–H groups in total. The first kappa shape index (κ1) is 14.1. The van der Waals surface area contributed by atoms with E-state index in [9.17, 15) is 4.79 Å². The zero-order valence-electron chi connectivity index (χ0n) is 12.5. The molecule has 1 aliphatic rings. The molecule has 0 aliphatic carbocycles. The SMILES string of the molecule is CC(C)N1CCC(c2cn3cc(C(=O)O)ccc3n2)CC1. The largest absolute Gasteiger partial charge is 0.478 e. The van der Waals surface area contributed by atoms with E-state index >= 15 is 0 Å². The number of hydrogen-bond donors (Lipinski definition) is 1. The zero-order chi connectivity index (χ0) is 15.0. The van der Waals surface area contributed by atoms with Crippen LogP contribution in [-0.2, 0) is 0 Å². The average molecular weight is 287 g/mol. The van der Waals surface area contributed by atoms with Gasteiger partial charge in [0.25, 0.3) is 0 Å². The van der Waals surface area contributed by atoms with Gasteiger partial charge in [-0.1, -0.05) is 0 Å². The second kappa shape index (κ2) is 5.48. The molecule has 0 unspecified atom stereocenters. The van der Waals surface area contributed by atoms with Crippen LogP contribution in [0.1, 0.15) is 48.7 Å². The standard InChI is InChI=1S/C16H21N3O2/c1-11(2)18-7-5-12(6-8-18)14-10-19-9-13(16(20)21)3-4-15(19)17-14/h3-4,9-12H,5-8H2,1-2H3,(H,20,21). The van der Waals surface area contributed by atoms with Crippen molar-refractivity contribution in [1.82, 2.24) is 14.3 Å². The van der Waals surface area contributed by atoms with Gasteiger partial charge in [-0.3, -0.25) is 0 Å². The first-order valence-electron chi connectivity index (χ1n) is 7.50. The van der Waals surface area contributed by atoms with E-state index in [-0.39, 0.29) is 0 Å². The molecule has 3 heterocycles. The van der Waals surface area contributed by atoms with Crippen LogP contribution in [0.15, 0.2) is 24.5 Å². The van der Waals surface area contributed by atoms with E-state index in [2.05, 4.69) is 23.7 Å². The van der Waals surface area contributed by atoms with Gasteiger partial charge in [-0.25, -0.2) is 9.78 Å². The van der Waals surface area contributed by atoms with Crippen LogP contribution >= 0.6 is 0 Å². The van der Waals surface area contributed by atoms with Gasteiger partial charge in [0.05, 0.1) is 11.3 Å². The summed E-state index contributed by atoms with van der Waals surface area (Å²) in [6, 6.07) is 3.98. The fraction of sp³-hybridized carbons (Fsp3) is 0.500. The highest BCUT2D eigenvalue weighted by molar-refractivity contribution is 5.87. The lowest BCUT2D eigenvalue weighted by Gasteiger charge is -2.33. The van der Waals surface area contributed by atoms with Crippen molar-refractivity contribution < 1.29 is 9.90 Å². The predicted molar refractivity (Wildman–Crippen MR) is 80.8 cm³/mol. The van der Waals surface area contributed by atoms with Crippen LogP contribution in [0.4, 0.5) is 0 Å². The Hall–Kier alpha value is -1.88. The minimum absolute atomic E-state index is 0.293. The van der Waals surface area contributed by atoms with E-state index in [1.165, 1.54) is 0 Å². The summed E-state index contributed by atoms with van der Waals surface area (Å²) in [6.07, 6.45) is 5.86. The summed E-state index contributed by atoms with van der Waals surface area (Å²) in [5, 5.41) is 9.04. The van der Waals surface area contributed by atoms with Gasteiger partial charge in [0.2, 0.25) is 0 Å². The average Bonchev–Trinajstić information content (AvgIpc) is 2.90. The maximum absolute atomic E-state index is 11.0. The zero-order valence-corrected chi connectivity index (χ0v) is 12.5. The summed E-state index contributed by atoms with van der Waals surface area (Å²) in [5.74, 6) is -0.425. The van der Waals surface area contributed by atoms with Gasteiger partial charge < -0.3 is 14.4 Å². The highest BCUT2D eigenvalue weighted by Crippen LogP contribution is 2.28. The molecule has 0 aromatic carbocycles. The molecule has 0 atom stereocenters. The van der Waals surface area contributed by atoms with Crippen LogP contribution in [0.25, 0.3) is 5.65 Å². The lowest BCUT2D eigenvalue weighted by Crippen LogP contribution is -2.37. The summed E-state index contributed by atoms with van der Waals surface area (Å²) in [6.45, 7) is 6.69. The number of aromatic nitrogens is 2. The minimum atomic E-state index is -0.905. The first-order valence-corrected chi connectivity index (χ1v) is 7.50. The molecule has 0 amide bonds. The minimum Gasteiger partial charge on any atom is -0.478 e. The number of likely N-dealkylation sites (tertiary alicyclic amines) is 1. The van der Waals surface area contributed by atoms with Crippen LogP contribution in [0.3, 0.4) is 0 Å². The number of fused-ring (bicyclic) bond motifs is 1. The summed E-state index contributed by atoms with van der Waals surface area (Å²) in [4.78, 5) is 18.2. The molecular weight excluding hydrogens is 266 g/mol. The van der Waals surface area contributed by atoms with Crippen LogP contribution in [0.2, 0.25) is 0 Å². The molecule has 0 radical (unpaired) electrons. The molecule has 5 nitrogen and oxygen atoms in total. The van der Waals surface area contributed by atoms with Crippen molar-refractivity contribution in [2.45, 2.75) is 38.6 Å². The van der Waals surface area contributed by atoms with E-state index in [4.69, 9.17) is 5.11 Å². The predicted octanol–water partition coefficient (Wildman–Crippen LogP) is 2.62. The molecule has 1 aliphatic heterocycles. The normalized spacial score (nSPS) is 17.7. The van der Waals surface area contributed by atoms with E-state index in [1.54, 1.807) is 18.3 Å². The van der Waals surface area contributed by atoms with Crippen molar-refractivity contribution >= 4 is 11.6 Å². The molecule has 1 saturated heterocycles. The van der Waals surface area contributed by atoms with Gasteiger partial charge in [0, 0.05) is 24.4 Å². The number of hydrogen-bond acceptors (Lipinski definition) is 3. The van der Waals surface area contributed by atoms with Gasteiger partial charge >= 0.3 is 5.97 Å². The maximum atomic E-state index is 11.0. The third kappa shape index (κ3) is 2.78. The molecule has 5 heteroatoms. The number of nitrogens with zero attached hydrogens (tertiary/aromatic N) is 3. The number of piperidine rings is 1. The summed E-state index contributed by atoms with van der Waals surface area (Å²) < 4.78 is 1.83. The Morgan fingerprint density at radius 1 is 1.29 bits per heavy atom. The highest BCUT2D eigenvalue weighted by Gasteiger charge is 2.23. The molecule has 2 aromatic rings. The fourth-order valence-electron chi connectivity index (χ4n) is 3.05. The van der Waals surface area contributed by atoms with Crippen LogP contribution in [0, 0.1) is 0 Å². The molecule has 0 bridgehead atoms. The summed E-state index contributed by atoms with van der Waals surface area (Å²) >= 11 is 0. The number of carboxylic acid groups (broad SMARTS) is 1. The Kier molecular flexibility index (Phi) is 3.68. The molecular formula is C16H21N3O2. The van der Waals surface area contributed by atoms with Gasteiger partial charge in [-0.15, -0.1) is 0 Å². The first-order chi connectivity index (χ1) is 10.0. The topological polar surface area (TPSA) is 57.8 Å². The Morgan fingerprint density at radius 2 is 2.00 bits per heavy atom. The van der Waals surface area contributed by atoms with E-state index in [0.29, 0.717) is 17.5 Å². The van der Waals surface area contributed by atoms with E-state index < -0.39 is 5.97 Å². The van der Waals surface area contributed by atoms with Crippen molar-refractivity contribution in [1.29, 1.82) is 0 Å². The number of carboxylic acids is 1. The number of aromatic carboxylic acids is 1. The summed E-state index contributed by atoms with van der Waals surface area (Å²) in [7, 11) is 0. The van der Waals surface area contributed by atoms with Crippen LogP contribution < -0.4 is 0 Å². The Labute approximate surface area is 124 Å². The smallest absolute Gasteiger partial charge is 0.337 e. The van der Waals surface area contributed by atoms with Crippen molar-refractivity contribution in [2.75, 3.05) is 13.1 Å². The van der Waals surface area contributed by atoms with Gasteiger partial charge in [0.15, 0.2) is 0 Å². The van der Waals surface area contributed by atoms with E-state index in [0.717, 1.165) is 37.3 Å². The van der Waals surface area contributed by atoms with Crippen molar-refractivity contribution in [3.8, 4) is 0 Å². The monoisotopic (exact) mass is 287 g/mol. The Bertz CT molecular complexity index is 655. The van der Waals surface area contributed by atoms with E-state index in [1.807, 2.05) is 10.6 Å². The lowest BCUT2D eigenvalue weighted by molar-refractivity contribution is 0.0696. The summed E-state index contributed by atoms with van der Waals surface area (Å²) in [5.41, 5.74) is 2.20. The Balaban J connectivity index is 1.80. The quantitative estimate of drug-likeness (QED) is 0.942. The van der Waals surface area contributed by atoms with Crippen LogP contribution in [-0.4, -0.2) is 44.5 Å². The van der Waals surface area contributed by atoms with Crippen molar-refractivity contribution in [2.24, 2.45) is 0 Å². The van der Waals surface area contributed by atoms with Crippen molar-refractivity contribution in [3.63, 3.8) is 0 Å². The number of imidazole rings is 1. The molecule has 21 heavy (non-hydrogen) atoms. The van der Waals surface area contributed by atoms with Crippen molar-refractivity contribution in [3.05, 3.63) is 35.8 Å². The lowest BCUT2D eigenvalue weighted by atomic mass is 9.93. The molecule has 112 valence electrons. The number of rotatable bonds is 3. The third-order valence-electron chi connectivity index (χ3n) is 4.39. The molecule has 0 saturated carbocycles. The molecule has 2 aromatic heterocycles. The molecule has 3 rings (SSSR count). The Morgan fingerprint density at radius 3 is 2.62 bits per heavy atom. The third-order valence-corrected chi connectivity index (χ3v) is 4.39. The van der Waals surface area contributed by atoms with Crippen LogP contribution in [0.5, 0.6) is 0 Å². The maximum Gasteiger partial charge on any atom is 0.337 e. The highest BCUT2D eigenvalue weighted by atomic mass is 16.4. The number of pyridine rings is 1.